The predicted molar refractivity (Wildman–Crippen MR) is 99.4 cm³/mol. The fourth-order valence-corrected chi connectivity index (χ4v) is 3.63. The van der Waals surface area contributed by atoms with Crippen molar-refractivity contribution >= 4 is 0 Å². The summed E-state index contributed by atoms with van der Waals surface area (Å²) in [6, 6.07) is 19.2. The maximum absolute atomic E-state index is 10.5. The Bertz CT molecular complexity index is 664. The minimum absolute atomic E-state index is 0.289. The molecule has 5 heteroatoms. The van der Waals surface area contributed by atoms with E-state index in [1.165, 1.54) is 0 Å². The van der Waals surface area contributed by atoms with E-state index in [0.717, 1.165) is 11.1 Å². The zero-order valence-electron chi connectivity index (χ0n) is 15.0. The molecule has 1 saturated heterocycles. The second-order valence-corrected chi connectivity index (χ2v) is 6.97. The third-order valence-corrected chi connectivity index (χ3v) is 4.92. The van der Waals surface area contributed by atoms with Gasteiger partial charge in [0, 0.05) is 13.1 Å². The molecule has 0 radical (unpaired) electrons. The van der Waals surface area contributed by atoms with Crippen molar-refractivity contribution in [2.45, 2.75) is 50.5 Å². The van der Waals surface area contributed by atoms with Gasteiger partial charge >= 0.3 is 0 Å². The van der Waals surface area contributed by atoms with Crippen molar-refractivity contribution in [2.75, 3.05) is 6.54 Å². The van der Waals surface area contributed by atoms with Gasteiger partial charge in [-0.1, -0.05) is 60.7 Å². The molecule has 0 bridgehead atoms. The van der Waals surface area contributed by atoms with Crippen molar-refractivity contribution in [1.82, 2.24) is 4.90 Å². The van der Waals surface area contributed by atoms with E-state index in [-0.39, 0.29) is 6.54 Å². The molecule has 3 rings (SSSR count). The number of benzene rings is 2. The lowest BCUT2D eigenvalue weighted by Gasteiger charge is -2.47. The van der Waals surface area contributed by atoms with Crippen LogP contribution in [0.4, 0.5) is 0 Å². The number of nitrogens with zero attached hydrogens (tertiary/aromatic N) is 1. The quantitative estimate of drug-likeness (QED) is 0.732. The average molecular weight is 357 g/mol. The number of β-amino-alcohol motifs (C(OH)–C–C–N with tert-alkyl or cyclic N) is 1. The summed E-state index contributed by atoms with van der Waals surface area (Å²) in [5.41, 5.74) is 2.07. The van der Waals surface area contributed by atoms with Crippen molar-refractivity contribution in [1.29, 1.82) is 0 Å². The number of ether oxygens (including phenoxy) is 1. The molecule has 1 fully saturated rings. The Hall–Kier alpha value is -1.76. The molecule has 0 amide bonds. The molecule has 3 N–H and O–H groups in total. The standard InChI is InChI=1S/C21H27NO4/c1-15(23)19-21(26-14-17-10-6-3-7-11-17)20(25)18(24)13-22(19)12-16-8-4-2-5-9-16/h2-11,15,18-21,23-25H,12-14H2,1H3/t15-,18+,19-,20-,21-/m1/s1. The van der Waals surface area contributed by atoms with Gasteiger partial charge in [-0.25, -0.2) is 0 Å². The summed E-state index contributed by atoms with van der Waals surface area (Å²) in [6.45, 7) is 2.88. The predicted octanol–water partition coefficient (Wildman–Crippen LogP) is 1.56. The molecule has 0 aliphatic carbocycles. The summed E-state index contributed by atoms with van der Waals surface area (Å²) in [6.07, 6.45) is -3.34. The van der Waals surface area contributed by atoms with Gasteiger partial charge in [0.2, 0.25) is 0 Å². The van der Waals surface area contributed by atoms with Crippen LogP contribution in [0.5, 0.6) is 0 Å². The Balaban J connectivity index is 1.77. The molecule has 1 heterocycles. The van der Waals surface area contributed by atoms with Gasteiger partial charge in [-0.05, 0) is 18.1 Å². The van der Waals surface area contributed by atoms with Crippen molar-refractivity contribution in [2.24, 2.45) is 0 Å². The zero-order valence-corrected chi connectivity index (χ0v) is 15.0. The first-order chi connectivity index (χ1) is 12.6. The lowest BCUT2D eigenvalue weighted by molar-refractivity contribution is -0.183. The number of likely N-dealkylation sites (tertiary alicyclic amines) is 1. The highest BCUT2D eigenvalue weighted by molar-refractivity contribution is 5.16. The molecule has 0 aromatic heterocycles. The number of piperidine rings is 1. The molecule has 140 valence electrons. The molecular formula is C21H27NO4. The molecule has 0 saturated carbocycles. The molecule has 5 nitrogen and oxygen atoms in total. The molecule has 1 aliphatic rings. The summed E-state index contributed by atoms with van der Waals surface area (Å²) in [4.78, 5) is 1.99. The molecular weight excluding hydrogens is 330 g/mol. The first-order valence-corrected chi connectivity index (χ1v) is 9.04. The van der Waals surface area contributed by atoms with Crippen LogP contribution < -0.4 is 0 Å². The van der Waals surface area contributed by atoms with E-state index in [4.69, 9.17) is 4.74 Å². The van der Waals surface area contributed by atoms with Crippen LogP contribution in [0, 0.1) is 0 Å². The molecule has 0 spiro atoms. The zero-order chi connectivity index (χ0) is 18.5. The lowest BCUT2D eigenvalue weighted by atomic mass is 9.90. The first-order valence-electron chi connectivity index (χ1n) is 9.04. The van der Waals surface area contributed by atoms with E-state index in [1.807, 2.05) is 65.6 Å². The lowest BCUT2D eigenvalue weighted by Crippen LogP contribution is -2.64. The van der Waals surface area contributed by atoms with E-state index < -0.39 is 30.5 Å². The van der Waals surface area contributed by atoms with Gasteiger partial charge in [0.15, 0.2) is 0 Å². The minimum Gasteiger partial charge on any atom is -0.392 e. The summed E-state index contributed by atoms with van der Waals surface area (Å²) in [7, 11) is 0. The molecule has 2 aromatic rings. The van der Waals surface area contributed by atoms with Gasteiger partial charge in [0.25, 0.3) is 0 Å². The third kappa shape index (κ3) is 4.50. The van der Waals surface area contributed by atoms with Gasteiger partial charge in [-0.15, -0.1) is 0 Å². The van der Waals surface area contributed by atoms with E-state index in [1.54, 1.807) is 6.92 Å². The number of hydrogen-bond donors (Lipinski definition) is 3. The summed E-state index contributed by atoms with van der Waals surface area (Å²) in [5, 5.41) is 31.2. The van der Waals surface area contributed by atoms with Crippen molar-refractivity contribution in [3.8, 4) is 0 Å². The number of rotatable bonds is 6. The Labute approximate surface area is 154 Å². The van der Waals surface area contributed by atoms with Gasteiger partial charge in [-0.2, -0.15) is 0 Å². The SMILES string of the molecule is C[C@@H](O)[C@@H]1[C@@H](OCc2ccccc2)[C@H](O)[C@@H](O)CN1Cc1ccccc1. The van der Waals surface area contributed by atoms with Crippen LogP contribution in [0.2, 0.25) is 0 Å². The number of aliphatic hydroxyl groups excluding tert-OH is 3. The van der Waals surface area contributed by atoms with Crippen molar-refractivity contribution in [3.63, 3.8) is 0 Å². The highest BCUT2D eigenvalue weighted by Gasteiger charge is 2.45. The Kier molecular flexibility index (Phi) is 6.40. The topological polar surface area (TPSA) is 73.2 Å². The molecule has 26 heavy (non-hydrogen) atoms. The van der Waals surface area contributed by atoms with E-state index in [9.17, 15) is 15.3 Å². The van der Waals surface area contributed by atoms with Gasteiger partial charge in [0.05, 0.1) is 24.9 Å². The van der Waals surface area contributed by atoms with Gasteiger partial charge in [-0.3, -0.25) is 4.90 Å². The second kappa shape index (κ2) is 8.75. The maximum atomic E-state index is 10.5. The van der Waals surface area contributed by atoms with Crippen LogP contribution in [0.1, 0.15) is 18.1 Å². The molecule has 0 unspecified atom stereocenters. The van der Waals surface area contributed by atoms with Crippen LogP contribution in [-0.2, 0) is 17.9 Å². The van der Waals surface area contributed by atoms with Crippen LogP contribution in [0.15, 0.2) is 60.7 Å². The summed E-state index contributed by atoms with van der Waals surface area (Å²) >= 11 is 0. The molecule has 5 atom stereocenters. The van der Waals surface area contributed by atoms with Crippen molar-refractivity contribution < 1.29 is 20.1 Å². The highest BCUT2D eigenvalue weighted by atomic mass is 16.5. The summed E-state index contributed by atoms with van der Waals surface area (Å²) in [5.74, 6) is 0. The third-order valence-electron chi connectivity index (χ3n) is 4.92. The fraction of sp³-hybridized carbons (Fsp3) is 0.429. The fourth-order valence-electron chi connectivity index (χ4n) is 3.63. The van der Waals surface area contributed by atoms with Crippen LogP contribution in [0.3, 0.4) is 0 Å². The second-order valence-electron chi connectivity index (χ2n) is 6.97. The Morgan fingerprint density at radius 3 is 2.15 bits per heavy atom. The van der Waals surface area contributed by atoms with Gasteiger partial charge in [0.1, 0.15) is 12.2 Å². The first kappa shape index (κ1) is 19.0. The molecule has 2 aromatic carbocycles. The Morgan fingerprint density at radius 1 is 1.00 bits per heavy atom. The van der Waals surface area contributed by atoms with Crippen LogP contribution in [-0.4, -0.2) is 57.2 Å². The minimum atomic E-state index is -1.04. The molecule has 1 aliphatic heterocycles. The average Bonchev–Trinajstić information content (AvgIpc) is 2.64. The van der Waals surface area contributed by atoms with Crippen LogP contribution in [0.25, 0.3) is 0 Å². The van der Waals surface area contributed by atoms with E-state index in [2.05, 4.69) is 0 Å². The monoisotopic (exact) mass is 357 g/mol. The number of hydrogen-bond acceptors (Lipinski definition) is 5. The van der Waals surface area contributed by atoms with Crippen molar-refractivity contribution in [3.05, 3.63) is 71.8 Å². The highest BCUT2D eigenvalue weighted by Crippen LogP contribution is 2.27. The van der Waals surface area contributed by atoms with E-state index in [0.29, 0.717) is 13.2 Å². The summed E-state index contributed by atoms with van der Waals surface area (Å²) < 4.78 is 5.98. The number of aliphatic hydroxyl groups is 3. The Morgan fingerprint density at radius 2 is 1.58 bits per heavy atom. The van der Waals surface area contributed by atoms with Crippen LogP contribution >= 0.6 is 0 Å². The van der Waals surface area contributed by atoms with Gasteiger partial charge < -0.3 is 20.1 Å². The largest absolute Gasteiger partial charge is 0.392 e. The normalized spacial score (nSPS) is 28.0. The smallest absolute Gasteiger partial charge is 0.109 e. The maximum Gasteiger partial charge on any atom is 0.109 e. The van der Waals surface area contributed by atoms with E-state index >= 15 is 0 Å².